The Hall–Kier alpha value is -1.03. The largest absolute Gasteiger partial charge is 0.355 e. The van der Waals surface area contributed by atoms with E-state index in [-0.39, 0.29) is 0 Å². The van der Waals surface area contributed by atoms with Crippen molar-refractivity contribution in [1.29, 1.82) is 0 Å². The van der Waals surface area contributed by atoms with Gasteiger partial charge in [0.25, 0.3) is 0 Å². The van der Waals surface area contributed by atoms with Gasteiger partial charge in [0.15, 0.2) is 0 Å². The van der Waals surface area contributed by atoms with E-state index < -0.39 is 0 Å². The van der Waals surface area contributed by atoms with E-state index in [4.69, 9.17) is 0 Å². The molecule has 1 N–H and O–H groups in total. The van der Waals surface area contributed by atoms with Gasteiger partial charge in [-0.1, -0.05) is 0 Å². The van der Waals surface area contributed by atoms with Gasteiger partial charge in [-0.2, -0.15) is 5.10 Å². The fraction of sp³-hybridized carbons (Fsp3) is 0.727. The van der Waals surface area contributed by atoms with Crippen LogP contribution in [0.5, 0.6) is 0 Å². The lowest BCUT2D eigenvalue weighted by atomic mass is 9.72. The number of nitrogens with zero attached hydrogens (tertiary/aromatic N) is 3. The molecule has 2 fully saturated rings. The third kappa shape index (κ3) is 1.53. The average Bonchev–Trinajstić information content (AvgIpc) is 2.70. The van der Waals surface area contributed by atoms with Gasteiger partial charge in [0.2, 0.25) is 0 Å². The standard InChI is InChI=1S/C11H18N4/c1-14-8-11(9-14)3-6-15(7-4-11)10-2-5-12-13-10/h2,5H,3-4,6-9H2,1H3,(H,12,13). The molecule has 82 valence electrons. The van der Waals surface area contributed by atoms with Crippen molar-refractivity contribution in [2.75, 3.05) is 38.1 Å². The molecule has 0 saturated carbocycles. The summed E-state index contributed by atoms with van der Waals surface area (Å²) in [6.45, 7) is 4.92. The lowest BCUT2D eigenvalue weighted by Crippen LogP contribution is -2.58. The van der Waals surface area contributed by atoms with Crippen LogP contribution in [0.1, 0.15) is 12.8 Å². The lowest BCUT2D eigenvalue weighted by Gasteiger charge is -2.53. The highest BCUT2D eigenvalue weighted by Gasteiger charge is 2.43. The second-order valence-electron chi connectivity index (χ2n) is 5.09. The molecule has 1 aromatic heterocycles. The van der Waals surface area contributed by atoms with Crippen molar-refractivity contribution < 1.29 is 0 Å². The van der Waals surface area contributed by atoms with Crippen LogP contribution in [0.4, 0.5) is 5.82 Å². The zero-order valence-corrected chi connectivity index (χ0v) is 9.24. The molecule has 2 aliphatic rings. The summed E-state index contributed by atoms with van der Waals surface area (Å²) < 4.78 is 0. The first-order chi connectivity index (χ1) is 7.27. The Morgan fingerprint density at radius 1 is 1.33 bits per heavy atom. The van der Waals surface area contributed by atoms with Gasteiger partial charge < -0.3 is 9.80 Å². The molecule has 4 nitrogen and oxygen atoms in total. The molecule has 0 atom stereocenters. The molecule has 0 bridgehead atoms. The first-order valence-electron chi connectivity index (χ1n) is 5.71. The quantitative estimate of drug-likeness (QED) is 0.743. The van der Waals surface area contributed by atoms with Gasteiger partial charge in [0.1, 0.15) is 5.82 Å². The highest BCUT2D eigenvalue weighted by Crippen LogP contribution is 2.39. The molecule has 1 spiro atoms. The second kappa shape index (κ2) is 3.23. The number of aromatic nitrogens is 2. The van der Waals surface area contributed by atoms with Crippen LogP contribution < -0.4 is 4.90 Å². The second-order valence-corrected chi connectivity index (χ2v) is 5.09. The number of piperidine rings is 1. The van der Waals surface area contributed by atoms with Crippen LogP contribution in [0.15, 0.2) is 12.3 Å². The zero-order valence-electron chi connectivity index (χ0n) is 9.24. The monoisotopic (exact) mass is 206 g/mol. The van der Waals surface area contributed by atoms with E-state index in [0.717, 1.165) is 5.82 Å². The van der Waals surface area contributed by atoms with Gasteiger partial charge in [-0.05, 0) is 25.3 Å². The molecular formula is C11H18N4. The minimum atomic E-state index is 0.640. The molecule has 0 amide bonds. The normalized spacial score (nSPS) is 25.5. The number of rotatable bonds is 1. The van der Waals surface area contributed by atoms with E-state index in [2.05, 4.69) is 33.1 Å². The maximum absolute atomic E-state index is 4.24. The van der Waals surface area contributed by atoms with Crippen molar-refractivity contribution in [1.82, 2.24) is 15.1 Å². The Morgan fingerprint density at radius 3 is 2.60 bits per heavy atom. The van der Waals surface area contributed by atoms with Gasteiger partial charge in [0, 0.05) is 38.4 Å². The van der Waals surface area contributed by atoms with Crippen LogP contribution in [0.2, 0.25) is 0 Å². The summed E-state index contributed by atoms with van der Waals surface area (Å²) >= 11 is 0. The molecule has 1 aromatic rings. The van der Waals surface area contributed by atoms with Crippen molar-refractivity contribution in [3.8, 4) is 0 Å². The Labute approximate surface area is 90.3 Å². The Kier molecular flexibility index (Phi) is 1.99. The predicted molar refractivity (Wildman–Crippen MR) is 60.0 cm³/mol. The zero-order chi connectivity index (χ0) is 10.3. The summed E-state index contributed by atoms with van der Waals surface area (Å²) in [7, 11) is 2.21. The molecule has 2 saturated heterocycles. The average molecular weight is 206 g/mol. The van der Waals surface area contributed by atoms with Crippen molar-refractivity contribution in [2.45, 2.75) is 12.8 Å². The van der Waals surface area contributed by atoms with E-state index in [0.29, 0.717) is 5.41 Å². The first kappa shape index (κ1) is 9.21. The van der Waals surface area contributed by atoms with E-state index in [1.807, 2.05) is 6.20 Å². The molecule has 4 heteroatoms. The van der Waals surface area contributed by atoms with Crippen LogP contribution >= 0.6 is 0 Å². The number of hydrogen-bond acceptors (Lipinski definition) is 3. The fourth-order valence-corrected chi connectivity index (χ4v) is 3.05. The third-order valence-electron chi connectivity index (χ3n) is 3.84. The number of likely N-dealkylation sites (tertiary alicyclic amines) is 1. The molecule has 0 aliphatic carbocycles. The highest BCUT2D eigenvalue weighted by atomic mass is 15.3. The van der Waals surface area contributed by atoms with Crippen LogP contribution in [0.25, 0.3) is 0 Å². The third-order valence-corrected chi connectivity index (χ3v) is 3.84. The molecule has 2 aliphatic heterocycles. The van der Waals surface area contributed by atoms with Crippen molar-refractivity contribution in [3.05, 3.63) is 12.3 Å². The topological polar surface area (TPSA) is 35.2 Å². The fourth-order valence-electron chi connectivity index (χ4n) is 3.05. The number of hydrogen-bond donors (Lipinski definition) is 1. The maximum atomic E-state index is 4.24. The van der Waals surface area contributed by atoms with E-state index in [9.17, 15) is 0 Å². The number of anilines is 1. The molecule has 0 unspecified atom stereocenters. The molecular weight excluding hydrogens is 188 g/mol. The summed E-state index contributed by atoms with van der Waals surface area (Å²) in [5.74, 6) is 1.11. The minimum Gasteiger partial charge on any atom is -0.355 e. The molecule has 3 rings (SSSR count). The Morgan fingerprint density at radius 2 is 2.07 bits per heavy atom. The Bertz CT molecular complexity index is 316. The van der Waals surface area contributed by atoms with Gasteiger partial charge in [-0.25, -0.2) is 0 Å². The maximum Gasteiger partial charge on any atom is 0.150 e. The number of H-pyrrole nitrogens is 1. The van der Waals surface area contributed by atoms with Gasteiger partial charge >= 0.3 is 0 Å². The lowest BCUT2D eigenvalue weighted by molar-refractivity contribution is 0.00121. The predicted octanol–water partition coefficient (Wildman–Crippen LogP) is 0.942. The first-order valence-corrected chi connectivity index (χ1v) is 5.71. The summed E-state index contributed by atoms with van der Waals surface area (Å²) in [6, 6.07) is 2.06. The summed E-state index contributed by atoms with van der Waals surface area (Å²) in [5.41, 5.74) is 0.640. The van der Waals surface area contributed by atoms with Crippen LogP contribution in [0.3, 0.4) is 0 Å². The van der Waals surface area contributed by atoms with Gasteiger partial charge in [-0.3, -0.25) is 5.10 Å². The number of aromatic amines is 1. The van der Waals surface area contributed by atoms with Crippen molar-refractivity contribution >= 4 is 5.82 Å². The van der Waals surface area contributed by atoms with Gasteiger partial charge in [-0.15, -0.1) is 0 Å². The molecule has 15 heavy (non-hydrogen) atoms. The smallest absolute Gasteiger partial charge is 0.150 e. The Balaban J connectivity index is 1.62. The van der Waals surface area contributed by atoms with Crippen LogP contribution in [-0.2, 0) is 0 Å². The van der Waals surface area contributed by atoms with Crippen LogP contribution in [-0.4, -0.2) is 48.3 Å². The summed E-state index contributed by atoms with van der Waals surface area (Å²) in [5, 5.41) is 7.12. The molecule has 3 heterocycles. The SMILES string of the molecule is CN1CC2(CCN(c3cc[nH]n3)CC2)C1. The highest BCUT2D eigenvalue weighted by molar-refractivity contribution is 5.37. The summed E-state index contributed by atoms with van der Waals surface area (Å²) in [6.07, 6.45) is 4.55. The minimum absolute atomic E-state index is 0.640. The van der Waals surface area contributed by atoms with Crippen molar-refractivity contribution in [3.63, 3.8) is 0 Å². The summed E-state index contributed by atoms with van der Waals surface area (Å²) in [4.78, 5) is 4.81. The molecule has 0 aromatic carbocycles. The van der Waals surface area contributed by atoms with E-state index in [1.165, 1.54) is 39.0 Å². The molecule has 0 radical (unpaired) electrons. The number of nitrogens with one attached hydrogen (secondary N) is 1. The van der Waals surface area contributed by atoms with Crippen molar-refractivity contribution in [2.24, 2.45) is 5.41 Å². The van der Waals surface area contributed by atoms with E-state index in [1.54, 1.807) is 0 Å². The van der Waals surface area contributed by atoms with E-state index >= 15 is 0 Å². The van der Waals surface area contributed by atoms with Crippen LogP contribution in [0, 0.1) is 5.41 Å². The van der Waals surface area contributed by atoms with Gasteiger partial charge in [0.05, 0.1) is 0 Å².